The van der Waals surface area contributed by atoms with Gasteiger partial charge in [-0.1, -0.05) is 32.1 Å². The Morgan fingerprint density at radius 1 is 0.909 bits per heavy atom. The van der Waals surface area contributed by atoms with Crippen molar-refractivity contribution >= 4 is 5.91 Å². The van der Waals surface area contributed by atoms with Gasteiger partial charge in [0.2, 0.25) is 5.91 Å². The van der Waals surface area contributed by atoms with E-state index in [0.29, 0.717) is 5.92 Å². The Labute approximate surface area is 135 Å². The third kappa shape index (κ3) is 3.05. The maximum atomic E-state index is 12.3. The molecule has 3 aliphatic rings. The van der Waals surface area contributed by atoms with Gasteiger partial charge in [-0.25, -0.2) is 0 Å². The highest BCUT2D eigenvalue weighted by Crippen LogP contribution is 2.38. The van der Waals surface area contributed by atoms with Crippen LogP contribution >= 0.6 is 0 Å². The van der Waals surface area contributed by atoms with Crippen molar-refractivity contribution in [1.29, 1.82) is 0 Å². The zero-order valence-corrected chi connectivity index (χ0v) is 14.2. The summed E-state index contributed by atoms with van der Waals surface area (Å²) < 4.78 is 0. The fourth-order valence-corrected chi connectivity index (χ4v) is 5.10. The topological polar surface area (TPSA) is 49.6 Å². The number of carbonyl (C=O) groups excluding carboxylic acids is 1. The lowest BCUT2D eigenvalue weighted by Gasteiger charge is -2.48. The van der Waals surface area contributed by atoms with Crippen molar-refractivity contribution in [2.75, 3.05) is 26.2 Å². The average molecular weight is 307 g/mol. The summed E-state index contributed by atoms with van der Waals surface area (Å²) >= 11 is 0. The minimum Gasteiger partial charge on any atom is -0.368 e. The zero-order valence-electron chi connectivity index (χ0n) is 14.2. The third-order valence-corrected chi connectivity index (χ3v) is 6.71. The summed E-state index contributed by atoms with van der Waals surface area (Å²) in [6, 6.07) is 0.794. The number of nitrogens with two attached hydrogens (primary N) is 1. The molecule has 0 aromatic carbocycles. The summed E-state index contributed by atoms with van der Waals surface area (Å²) in [6.45, 7) is 6.35. The van der Waals surface area contributed by atoms with E-state index >= 15 is 0 Å². The highest BCUT2D eigenvalue weighted by molar-refractivity contribution is 5.84. The minimum absolute atomic E-state index is 0.106. The van der Waals surface area contributed by atoms with Crippen molar-refractivity contribution < 1.29 is 4.79 Å². The molecule has 1 atom stereocenters. The number of hydrogen-bond acceptors (Lipinski definition) is 3. The molecule has 4 nitrogen and oxygen atoms in total. The number of amides is 1. The van der Waals surface area contributed by atoms with Crippen molar-refractivity contribution in [2.45, 2.75) is 76.3 Å². The molecule has 0 aromatic heterocycles. The molecule has 1 heterocycles. The Balaban J connectivity index is 1.61. The molecule has 1 amide bonds. The van der Waals surface area contributed by atoms with Gasteiger partial charge < -0.3 is 5.73 Å². The fraction of sp³-hybridized carbons (Fsp3) is 0.944. The minimum atomic E-state index is -0.421. The number of primary amides is 1. The predicted octanol–water partition coefficient (Wildman–Crippen LogP) is 2.37. The van der Waals surface area contributed by atoms with Gasteiger partial charge in [-0.15, -0.1) is 0 Å². The van der Waals surface area contributed by atoms with Gasteiger partial charge in [-0.05, 0) is 38.5 Å². The Morgan fingerprint density at radius 3 is 2.00 bits per heavy atom. The van der Waals surface area contributed by atoms with E-state index in [1.165, 1.54) is 57.8 Å². The van der Waals surface area contributed by atoms with E-state index in [9.17, 15) is 4.79 Å². The van der Waals surface area contributed by atoms with Crippen LogP contribution in [0.15, 0.2) is 0 Å². The summed E-state index contributed by atoms with van der Waals surface area (Å²) in [5.41, 5.74) is 5.44. The molecule has 2 aliphatic carbocycles. The number of carbonyl (C=O) groups is 1. The lowest BCUT2D eigenvalue weighted by Crippen LogP contribution is -2.64. The molecule has 0 radical (unpaired) electrons. The third-order valence-electron chi connectivity index (χ3n) is 6.71. The van der Waals surface area contributed by atoms with Gasteiger partial charge in [0.1, 0.15) is 5.54 Å². The van der Waals surface area contributed by atoms with E-state index in [4.69, 9.17) is 5.73 Å². The van der Waals surface area contributed by atoms with Crippen molar-refractivity contribution in [3.63, 3.8) is 0 Å². The zero-order chi connectivity index (χ0) is 15.6. The lowest BCUT2D eigenvalue weighted by atomic mass is 9.81. The first-order chi connectivity index (χ1) is 10.6. The van der Waals surface area contributed by atoms with E-state index < -0.39 is 5.54 Å². The maximum absolute atomic E-state index is 12.3. The molecule has 4 heteroatoms. The summed E-state index contributed by atoms with van der Waals surface area (Å²) in [6.07, 6.45) is 11.8. The van der Waals surface area contributed by atoms with Gasteiger partial charge in [0, 0.05) is 32.2 Å². The summed E-state index contributed by atoms with van der Waals surface area (Å²) in [5, 5.41) is 0. The van der Waals surface area contributed by atoms with Crippen LogP contribution in [0.5, 0.6) is 0 Å². The van der Waals surface area contributed by atoms with E-state index in [0.717, 1.165) is 32.2 Å². The standard InChI is InChI=1S/C18H33N3O/c1-18(17(19)22,15-7-5-6-8-15)21-13-11-20(12-14-21)16-9-3-2-4-10-16/h15-16H,2-14H2,1H3,(H2,19,22). The molecule has 1 unspecified atom stereocenters. The summed E-state index contributed by atoms with van der Waals surface area (Å²) in [7, 11) is 0. The van der Waals surface area contributed by atoms with Crippen LogP contribution in [0.1, 0.15) is 64.7 Å². The SMILES string of the molecule is CC(C(N)=O)(C1CCCC1)N1CCN(C2CCCCC2)CC1. The molecule has 3 rings (SSSR count). The van der Waals surface area contributed by atoms with Crippen LogP contribution < -0.4 is 5.73 Å². The molecule has 0 spiro atoms. The van der Waals surface area contributed by atoms with E-state index in [1.807, 2.05) is 0 Å². The molecule has 126 valence electrons. The van der Waals surface area contributed by atoms with Gasteiger partial charge >= 0.3 is 0 Å². The van der Waals surface area contributed by atoms with Crippen LogP contribution in [-0.4, -0.2) is 53.5 Å². The second-order valence-corrected chi connectivity index (χ2v) is 7.81. The molecule has 1 aliphatic heterocycles. The molecule has 0 aromatic rings. The van der Waals surface area contributed by atoms with Crippen LogP contribution in [0.25, 0.3) is 0 Å². The quantitative estimate of drug-likeness (QED) is 0.867. The molecule has 1 saturated heterocycles. The Bertz CT molecular complexity index is 380. The number of piperazine rings is 1. The lowest BCUT2D eigenvalue weighted by molar-refractivity contribution is -0.135. The molecule has 2 N–H and O–H groups in total. The molecular formula is C18H33N3O. The largest absolute Gasteiger partial charge is 0.368 e. The van der Waals surface area contributed by atoms with Gasteiger partial charge in [-0.3, -0.25) is 14.6 Å². The average Bonchev–Trinajstić information content (AvgIpc) is 3.10. The molecule has 3 fully saturated rings. The molecule has 2 saturated carbocycles. The van der Waals surface area contributed by atoms with Crippen molar-refractivity contribution in [1.82, 2.24) is 9.80 Å². The normalized spacial score (nSPS) is 29.5. The van der Waals surface area contributed by atoms with Crippen molar-refractivity contribution in [3.8, 4) is 0 Å². The van der Waals surface area contributed by atoms with E-state index in [2.05, 4.69) is 16.7 Å². The van der Waals surface area contributed by atoms with E-state index in [-0.39, 0.29) is 5.91 Å². The highest BCUT2D eigenvalue weighted by Gasteiger charge is 2.46. The smallest absolute Gasteiger partial charge is 0.237 e. The Hall–Kier alpha value is -0.610. The first-order valence-electron chi connectivity index (χ1n) is 9.41. The fourth-order valence-electron chi connectivity index (χ4n) is 5.10. The Morgan fingerprint density at radius 2 is 1.45 bits per heavy atom. The van der Waals surface area contributed by atoms with Crippen molar-refractivity contribution in [2.24, 2.45) is 11.7 Å². The molecule has 0 bridgehead atoms. The van der Waals surface area contributed by atoms with Crippen LogP contribution in [-0.2, 0) is 4.79 Å². The predicted molar refractivity (Wildman–Crippen MR) is 89.6 cm³/mol. The first-order valence-corrected chi connectivity index (χ1v) is 9.41. The summed E-state index contributed by atoms with van der Waals surface area (Å²) in [5.74, 6) is 0.358. The Kier molecular flexibility index (Phi) is 5.08. The second-order valence-electron chi connectivity index (χ2n) is 7.81. The monoisotopic (exact) mass is 307 g/mol. The van der Waals surface area contributed by atoms with Crippen LogP contribution in [0.3, 0.4) is 0 Å². The van der Waals surface area contributed by atoms with Crippen molar-refractivity contribution in [3.05, 3.63) is 0 Å². The van der Waals surface area contributed by atoms with Crippen LogP contribution in [0, 0.1) is 5.92 Å². The molecular weight excluding hydrogens is 274 g/mol. The van der Waals surface area contributed by atoms with E-state index in [1.54, 1.807) is 0 Å². The number of rotatable bonds is 4. The highest BCUT2D eigenvalue weighted by atomic mass is 16.1. The number of nitrogens with zero attached hydrogens (tertiary/aromatic N) is 2. The molecule has 22 heavy (non-hydrogen) atoms. The first kappa shape index (κ1) is 16.3. The summed E-state index contributed by atoms with van der Waals surface area (Å²) in [4.78, 5) is 17.3. The maximum Gasteiger partial charge on any atom is 0.237 e. The van der Waals surface area contributed by atoms with Gasteiger partial charge in [-0.2, -0.15) is 0 Å². The number of hydrogen-bond donors (Lipinski definition) is 1. The second kappa shape index (κ2) is 6.88. The van der Waals surface area contributed by atoms with Crippen LogP contribution in [0.4, 0.5) is 0 Å². The van der Waals surface area contributed by atoms with Gasteiger partial charge in [0.15, 0.2) is 0 Å². The van der Waals surface area contributed by atoms with Gasteiger partial charge in [0.05, 0.1) is 0 Å². The van der Waals surface area contributed by atoms with Crippen LogP contribution in [0.2, 0.25) is 0 Å². The van der Waals surface area contributed by atoms with Gasteiger partial charge in [0.25, 0.3) is 0 Å².